The summed E-state index contributed by atoms with van der Waals surface area (Å²) in [5.41, 5.74) is 3.05. The summed E-state index contributed by atoms with van der Waals surface area (Å²) in [7, 11) is 1.68. The van der Waals surface area contributed by atoms with Gasteiger partial charge >= 0.3 is 0 Å². The number of benzene rings is 3. The second-order valence-corrected chi connectivity index (χ2v) is 7.95. The van der Waals surface area contributed by atoms with Crippen molar-refractivity contribution in [3.05, 3.63) is 91.9 Å². The fourth-order valence-electron chi connectivity index (χ4n) is 2.80. The summed E-state index contributed by atoms with van der Waals surface area (Å²) in [6, 6.07) is 19.3. The lowest BCUT2D eigenvalue weighted by Crippen LogP contribution is -2.14. The molecular weight excluding hydrogens is 461 g/mol. The Kier molecular flexibility index (Phi) is 7.63. The second-order valence-electron chi connectivity index (χ2n) is 6.19. The van der Waals surface area contributed by atoms with Gasteiger partial charge in [-0.15, -0.1) is 0 Å². The van der Waals surface area contributed by atoms with E-state index in [9.17, 15) is 0 Å². The molecule has 0 aromatic heterocycles. The van der Waals surface area contributed by atoms with Gasteiger partial charge in [0.25, 0.3) is 0 Å². The zero-order valence-corrected chi connectivity index (χ0v) is 18.4. The molecule has 28 heavy (non-hydrogen) atoms. The normalized spacial score (nSPS) is 10.7. The first-order chi connectivity index (χ1) is 13.6. The Hall–Kier alpha value is -1.72. The quantitative estimate of drug-likeness (QED) is 0.392. The highest BCUT2D eigenvalue weighted by atomic mass is 79.9. The van der Waals surface area contributed by atoms with Crippen molar-refractivity contribution in [2.45, 2.75) is 19.7 Å². The van der Waals surface area contributed by atoms with Crippen LogP contribution in [0.1, 0.15) is 16.7 Å². The number of halogens is 3. The van der Waals surface area contributed by atoms with E-state index in [2.05, 4.69) is 21.2 Å². The Morgan fingerprint density at radius 2 is 1.64 bits per heavy atom. The molecule has 3 aromatic rings. The Labute approximate surface area is 183 Å². The highest BCUT2D eigenvalue weighted by molar-refractivity contribution is 9.10. The van der Waals surface area contributed by atoms with Crippen LogP contribution < -0.4 is 14.8 Å². The molecule has 0 aliphatic carbocycles. The highest BCUT2D eigenvalue weighted by Crippen LogP contribution is 2.27. The molecule has 1 N–H and O–H groups in total. The number of methoxy groups -OCH3 is 1. The fraction of sp³-hybridized carbons (Fsp3) is 0.182. The van der Waals surface area contributed by atoms with Crippen molar-refractivity contribution >= 4 is 39.1 Å². The number of ether oxygens (including phenoxy) is 2. The summed E-state index contributed by atoms with van der Waals surface area (Å²) < 4.78 is 12.4. The first-order valence-electron chi connectivity index (χ1n) is 8.74. The summed E-state index contributed by atoms with van der Waals surface area (Å²) in [5.74, 6) is 1.68. The van der Waals surface area contributed by atoms with Crippen LogP contribution in [0, 0.1) is 0 Å². The van der Waals surface area contributed by atoms with Gasteiger partial charge in [0.15, 0.2) is 0 Å². The molecule has 0 spiro atoms. The van der Waals surface area contributed by atoms with E-state index < -0.39 is 0 Å². The lowest BCUT2D eigenvalue weighted by atomic mass is 10.1. The van der Waals surface area contributed by atoms with Crippen molar-refractivity contribution in [3.8, 4) is 11.5 Å². The number of nitrogens with one attached hydrogen (secondary N) is 1. The predicted molar refractivity (Wildman–Crippen MR) is 118 cm³/mol. The van der Waals surface area contributed by atoms with E-state index in [0.29, 0.717) is 29.7 Å². The molecule has 0 bridgehead atoms. The van der Waals surface area contributed by atoms with Crippen LogP contribution in [-0.4, -0.2) is 7.11 Å². The van der Waals surface area contributed by atoms with Crippen LogP contribution in [-0.2, 0) is 19.7 Å². The third-order valence-corrected chi connectivity index (χ3v) is 5.32. The van der Waals surface area contributed by atoms with E-state index in [0.717, 1.165) is 32.7 Å². The predicted octanol–water partition coefficient (Wildman–Crippen LogP) is 6.63. The fourth-order valence-corrected chi connectivity index (χ4v) is 3.67. The molecule has 0 aliphatic rings. The van der Waals surface area contributed by atoms with E-state index in [4.69, 9.17) is 32.7 Å². The molecule has 0 aliphatic heterocycles. The number of para-hydroxylation sites is 1. The first kappa shape index (κ1) is 21.0. The first-order valence-corrected chi connectivity index (χ1v) is 10.3. The van der Waals surface area contributed by atoms with Gasteiger partial charge in [0, 0.05) is 44.3 Å². The van der Waals surface area contributed by atoms with Gasteiger partial charge in [0.1, 0.15) is 18.1 Å². The van der Waals surface area contributed by atoms with Crippen LogP contribution in [0.3, 0.4) is 0 Å². The summed E-state index contributed by atoms with van der Waals surface area (Å²) >= 11 is 15.7. The van der Waals surface area contributed by atoms with Crippen LogP contribution in [0.2, 0.25) is 10.0 Å². The molecule has 0 amide bonds. The van der Waals surface area contributed by atoms with Crippen molar-refractivity contribution < 1.29 is 9.47 Å². The second kappa shape index (κ2) is 10.2. The van der Waals surface area contributed by atoms with E-state index in [1.165, 1.54) is 0 Å². The SMILES string of the molecule is COc1ccccc1CNCc1cc(Br)ccc1OCc1ccc(Cl)cc1Cl. The van der Waals surface area contributed by atoms with Gasteiger partial charge in [0.05, 0.1) is 7.11 Å². The molecule has 146 valence electrons. The van der Waals surface area contributed by atoms with Gasteiger partial charge in [-0.25, -0.2) is 0 Å². The maximum atomic E-state index is 6.24. The minimum absolute atomic E-state index is 0.372. The standard InChI is InChI=1S/C22H20BrCl2NO2/c1-27-21-5-3-2-4-15(21)12-26-13-17-10-18(23)7-9-22(17)28-14-16-6-8-19(24)11-20(16)25/h2-11,26H,12-14H2,1H3. The molecule has 3 nitrogen and oxygen atoms in total. The average Bonchev–Trinajstić information content (AvgIpc) is 2.69. The maximum Gasteiger partial charge on any atom is 0.124 e. The van der Waals surface area contributed by atoms with Crippen LogP contribution in [0.25, 0.3) is 0 Å². The summed E-state index contributed by atoms with van der Waals surface area (Å²) in [4.78, 5) is 0. The molecule has 0 fully saturated rings. The number of rotatable bonds is 8. The van der Waals surface area contributed by atoms with Gasteiger partial charge in [0.2, 0.25) is 0 Å². The largest absolute Gasteiger partial charge is 0.496 e. The van der Waals surface area contributed by atoms with Crippen molar-refractivity contribution in [1.82, 2.24) is 5.32 Å². The van der Waals surface area contributed by atoms with E-state index in [-0.39, 0.29) is 0 Å². The monoisotopic (exact) mass is 479 g/mol. The van der Waals surface area contributed by atoms with Crippen molar-refractivity contribution in [2.75, 3.05) is 7.11 Å². The van der Waals surface area contributed by atoms with Crippen LogP contribution in [0.15, 0.2) is 65.1 Å². The number of hydrogen-bond acceptors (Lipinski definition) is 3. The number of hydrogen-bond donors (Lipinski definition) is 1. The van der Waals surface area contributed by atoms with Gasteiger partial charge in [-0.05, 0) is 36.4 Å². The molecule has 3 rings (SSSR count). The van der Waals surface area contributed by atoms with E-state index in [1.807, 2.05) is 54.6 Å². The van der Waals surface area contributed by atoms with Crippen LogP contribution in [0.5, 0.6) is 11.5 Å². The third-order valence-electron chi connectivity index (χ3n) is 4.24. The highest BCUT2D eigenvalue weighted by Gasteiger charge is 2.08. The molecule has 3 aromatic carbocycles. The molecule has 0 heterocycles. The van der Waals surface area contributed by atoms with Gasteiger partial charge < -0.3 is 14.8 Å². The Balaban J connectivity index is 1.66. The Bertz CT molecular complexity index is 950. The lowest BCUT2D eigenvalue weighted by Gasteiger charge is -2.14. The third kappa shape index (κ3) is 5.65. The summed E-state index contributed by atoms with van der Waals surface area (Å²) in [5, 5.41) is 4.66. The molecule has 0 saturated carbocycles. The smallest absolute Gasteiger partial charge is 0.124 e. The van der Waals surface area contributed by atoms with Crippen molar-refractivity contribution in [3.63, 3.8) is 0 Å². The van der Waals surface area contributed by atoms with Crippen LogP contribution in [0.4, 0.5) is 0 Å². The molecular formula is C22H20BrCl2NO2. The van der Waals surface area contributed by atoms with Crippen molar-refractivity contribution in [1.29, 1.82) is 0 Å². The Morgan fingerprint density at radius 1 is 0.857 bits per heavy atom. The van der Waals surface area contributed by atoms with Gasteiger partial charge in [-0.3, -0.25) is 0 Å². The van der Waals surface area contributed by atoms with E-state index in [1.54, 1.807) is 13.2 Å². The molecule has 0 radical (unpaired) electrons. The minimum Gasteiger partial charge on any atom is -0.496 e. The summed E-state index contributed by atoms with van der Waals surface area (Å²) in [6.45, 7) is 1.72. The Morgan fingerprint density at radius 3 is 2.43 bits per heavy atom. The zero-order chi connectivity index (χ0) is 19.9. The van der Waals surface area contributed by atoms with Crippen molar-refractivity contribution in [2.24, 2.45) is 0 Å². The zero-order valence-electron chi connectivity index (χ0n) is 15.3. The topological polar surface area (TPSA) is 30.5 Å². The molecule has 0 saturated heterocycles. The lowest BCUT2D eigenvalue weighted by molar-refractivity contribution is 0.302. The molecule has 0 unspecified atom stereocenters. The minimum atomic E-state index is 0.372. The van der Waals surface area contributed by atoms with Gasteiger partial charge in [-0.2, -0.15) is 0 Å². The molecule has 6 heteroatoms. The van der Waals surface area contributed by atoms with Gasteiger partial charge in [-0.1, -0.05) is 63.4 Å². The van der Waals surface area contributed by atoms with E-state index >= 15 is 0 Å². The average molecular weight is 481 g/mol. The van der Waals surface area contributed by atoms with Crippen LogP contribution >= 0.6 is 39.1 Å². The molecule has 0 atom stereocenters. The summed E-state index contributed by atoms with van der Waals surface area (Å²) in [6.07, 6.45) is 0. The maximum absolute atomic E-state index is 6.24.